The van der Waals surface area contributed by atoms with Crippen LogP contribution in [-0.2, 0) is 13.0 Å². The first-order valence-corrected chi connectivity index (χ1v) is 9.19. The first-order valence-electron chi connectivity index (χ1n) is 8.82. The van der Waals surface area contributed by atoms with Crippen molar-refractivity contribution in [2.45, 2.75) is 13.0 Å². The molecule has 0 aliphatic rings. The number of rotatable bonds is 7. The zero-order valence-electron chi connectivity index (χ0n) is 15.2. The molecule has 4 rings (SSSR count). The lowest BCUT2D eigenvalue weighted by Gasteiger charge is -2.06. The SMILES string of the molecule is N=Nc1ncccc1-c1cc(Cc2ccc(OCc3cc(Cl)ccn3)cc2)no1. The van der Waals surface area contributed by atoms with Crippen LogP contribution in [0.5, 0.6) is 5.75 Å². The van der Waals surface area contributed by atoms with Gasteiger partial charge in [-0.1, -0.05) is 28.9 Å². The van der Waals surface area contributed by atoms with Crippen molar-refractivity contribution < 1.29 is 9.26 Å². The first kappa shape index (κ1) is 18.8. The van der Waals surface area contributed by atoms with Crippen molar-refractivity contribution >= 4 is 17.4 Å². The molecule has 144 valence electrons. The van der Waals surface area contributed by atoms with Gasteiger partial charge < -0.3 is 9.26 Å². The summed E-state index contributed by atoms with van der Waals surface area (Å²) in [5, 5.41) is 8.17. The van der Waals surface area contributed by atoms with E-state index in [1.165, 1.54) is 0 Å². The summed E-state index contributed by atoms with van der Waals surface area (Å²) >= 11 is 5.96. The van der Waals surface area contributed by atoms with Gasteiger partial charge in [-0.3, -0.25) is 4.98 Å². The van der Waals surface area contributed by atoms with Crippen LogP contribution in [0.4, 0.5) is 5.82 Å². The second-order valence-electron chi connectivity index (χ2n) is 6.24. The van der Waals surface area contributed by atoms with Gasteiger partial charge in [0.2, 0.25) is 0 Å². The maximum absolute atomic E-state index is 7.22. The molecule has 29 heavy (non-hydrogen) atoms. The molecule has 1 N–H and O–H groups in total. The van der Waals surface area contributed by atoms with E-state index >= 15 is 0 Å². The smallest absolute Gasteiger partial charge is 0.184 e. The standard InChI is InChI=1S/C21H16ClN5O2/c22-15-7-9-24-17(11-15)13-28-18-5-3-14(4-6-18)10-16-12-20(29-27-16)19-2-1-8-25-21(19)26-23/h1-9,11-12,23H,10,13H2. The molecule has 4 aromatic rings. The fourth-order valence-corrected chi connectivity index (χ4v) is 2.98. The normalized spacial score (nSPS) is 10.7. The molecule has 0 saturated heterocycles. The van der Waals surface area contributed by atoms with Crippen LogP contribution in [0, 0.1) is 5.53 Å². The summed E-state index contributed by atoms with van der Waals surface area (Å²) in [6, 6.07) is 16.7. The molecule has 0 bridgehead atoms. The number of halogens is 1. The third-order valence-corrected chi connectivity index (χ3v) is 4.43. The summed E-state index contributed by atoms with van der Waals surface area (Å²) in [6.07, 6.45) is 3.84. The van der Waals surface area contributed by atoms with Gasteiger partial charge in [0.1, 0.15) is 12.4 Å². The Labute approximate surface area is 171 Å². The lowest BCUT2D eigenvalue weighted by atomic mass is 10.1. The molecule has 0 saturated carbocycles. The highest BCUT2D eigenvalue weighted by Crippen LogP contribution is 2.29. The maximum atomic E-state index is 7.22. The minimum Gasteiger partial charge on any atom is -0.487 e. The number of benzene rings is 1. The van der Waals surface area contributed by atoms with Crippen molar-refractivity contribution in [2.75, 3.05) is 0 Å². The number of hydrogen-bond acceptors (Lipinski definition) is 7. The van der Waals surface area contributed by atoms with E-state index in [1.807, 2.05) is 30.3 Å². The lowest BCUT2D eigenvalue weighted by molar-refractivity contribution is 0.301. The fraction of sp³-hybridized carbons (Fsp3) is 0.0952. The van der Waals surface area contributed by atoms with Gasteiger partial charge in [-0.15, -0.1) is 5.11 Å². The number of pyridine rings is 2. The quantitative estimate of drug-likeness (QED) is 0.402. The molecular formula is C21H16ClN5O2. The Morgan fingerprint density at radius 2 is 1.86 bits per heavy atom. The summed E-state index contributed by atoms with van der Waals surface area (Å²) in [5.74, 6) is 1.58. The first-order chi connectivity index (χ1) is 14.2. The van der Waals surface area contributed by atoms with Gasteiger partial charge in [0, 0.05) is 29.9 Å². The molecular weight excluding hydrogens is 390 g/mol. The Morgan fingerprint density at radius 1 is 1.00 bits per heavy atom. The monoisotopic (exact) mass is 405 g/mol. The highest BCUT2D eigenvalue weighted by molar-refractivity contribution is 6.30. The van der Waals surface area contributed by atoms with E-state index in [0.717, 1.165) is 22.7 Å². The topological polar surface area (TPSA) is 97.2 Å². The molecule has 0 spiro atoms. The Kier molecular flexibility index (Phi) is 5.58. The van der Waals surface area contributed by atoms with Gasteiger partial charge >= 0.3 is 0 Å². The molecule has 3 aromatic heterocycles. The maximum Gasteiger partial charge on any atom is 0.184 e. The van der Waals surface area contributed by atoms with Crippen LogP contribution >= 0.6 is 11.6 Å². The van der Waals surface area contributed by atoms with E-state index in [9.17, 15) is 0 Å². The van der Waals surface area contributed by atoms with E-state index in [2.05, 4.69) is 20.2 Å². The van der Waals surface area contributed by atoms with Gasteiger partial charge in [0.15, 0.2) is 11.6 Å². The molecule has 0 radical (unpaired) electrons. The average Bonchev–Trinajstić information content (AvgIpc) is 3.21. The second kappa shape index (κ2) is 8.62. The Morgan fingerprint density at radius 3 is 2.66 bits per heavy atom. The van der Waals surface area contributed by atoms with Crippen molar-refractivity contribution in [3.05, 3.63) is 89.0 Å². The van der Waals surface area contributed by atoms with Crippen LogP contribution in [0.2, 0.25) is 5.02 Å². The number of aromatic nitrogens is 3. The van der Waals surface area contributed by atoms with E-state index < -0.39 is 0 Å². The predicted molar refractivity (Wildman–Crippen MR) is 107 cm³/mol. The van der Waals surface area contributed by atoms with E-state index in [0.29, 0.717) is 35.2 Å². The Hall–Kier alpha value is -3.58. The van der Waals surface area contributed by atoms with Gasteiger partial charge in [0.25, 0.3) is 0 Å². The largest absolute Gasteiger partial charge is 0.487 e. The Balaban J connectivity index is 1.40. The molecule has 0 fully saturated rings. The number of ether oxygens (including phenoxy) is 1. The predicted octanol–water partition coefficient (Wildman–Crippen LogP) is 5.62. The molecule has 3 heterocycles. The summed E-state index contributed by atoms with van der Waals surface area (Å²) in [5.41, 5.74) is 10.5. The van der Waals surface area contributed by atoms with Crippen LogP contribution in [0.3, 0.4) is 0 Å². The zero-order chi connectivity index (χ0) is 20.1. The van der Waals surface area contributed by atoms with Gasteiger partial charge in [-0.25, -0.2) is 10.5 Å². The van der Waals surface area contributed by atoms with E-state index in [1.54, 1.807) is 36.7 Å². The summed E-state index contributed by atoms with van der Waals surface area (Å²) in [7, 11) is 0. The highest BCUT2D eigenvalue weighted by Gasteiger charge is 2.12. The number of nitrogens with one attached hydrogen (secondary N) is 1. The van der Waals surface area contributed by atoms with Crippen LogP contribution in [-0.4, -0.2) is 15.1 Å². The van der Waals surface area contributed by atoms with Crippen molar-refractivity contribution in [3.8, 4) is 17.1 Å². The number of hydrogen-bond donors (Lipinski definition) is 1. The zero-order valence-corrected chi connectivity index (χ0v) is 16.0. The van der Waals surface area contributed by atoms with Crippen LogP contribution in [0.15, 0.2) is 76.6 Å². The third kappa shape index (κ3) is 4.64. The minimum atomic E-state index is 0.297. The molecule has 0 amide bonds. The van der Waals surface area contributed by atoms with Gasteiger partial charge in [-0.2, -0.15) is 0 Å². The van der Waals surface area contributed by atoms with Gasteiger partial charge in [-0.05, 0) is 42.0 Å². The molecule has 0 unspecified atom stereocenters. The van der Waals surface area contributed by atoms with Crippen molar-refractivity contribution in [1.29, 1.82) is 5.53 Å². The molecule has 0 aliphatic heterocycles. The van der Waals surface area contributed by atoms with Crippen molar-refractivity contribution in [2.24, 2.45) is 5.11 Å². The summed E-state index contributed by atoms with van der Waals surface area (Å²) in [4.78, 5) is 8.27. The fourth-order valence-electron chi connectivity index (χ4n) is 2.80. The van der Waals surface area contributed by atoms with Crippen molar-refractivity contribution in [1.82, 2.24) is 15.1 Å². The van der Waals surface area contributed by atoms with E-state index in [-0.39, 0.29) is 0 Å². The lowest BCUT2D eigenvalue weighted by Crippen LogP contribution is -1.98. The minimum absolute atomic E-state index is 0.297. The molecule has 0 aliphatic carbocycles. The van der Waals surface area contributed by atoms with Crippen LogP contribution in [0.1, 0.15) is 17.0 Å². The molecule has 0 atom stereocenters. The Bertz CT molecular complexity index is 1130. The highest BCUT2D eigenvalue weighted by atomic mass is 35.5. The summed E-state index contributed by atoms with van der Waals surface area (Å²) in [6.45, 7) is 0.348. The molecule has 7 nitrogen and oxygen atoms in total. The number of nitrogens with zero attached hydrogens (tertiary/aromatic N) is 4. The van der Waals surface area contributed by atoms with E-state index in [4.69, 9.17) is 26.4 Å². The molecule has 8 heteroatoms. The third-order valence-electron chi connectivity index (χ3n) is 4.19. The second-order valence-corrected chi connectivity index (χ2v) is 6.68. The average molecular weight is 406 g/mol. The summed E-state index contributed by atoms with van der Waals surface area (Å²) < 4.78 is 11.2. The van der Waals surface area contributed by atoms with Gasteiger partial charge in [0.05, 0.1) is 17.0 Å². The van der Waals surface area contributed by atoms with Crippen LogP contribution in [0.25, 0.3) is 11.3 Å². The van der Waals surface area contributed by atoms with Crippen molar-refractivity contribution in [3.63, 3.8) is 0 Å². The molecule has 1 aromatic carbocycles. The van der Waals surface area contributed by atoms with Crippen LogP contribution < -0.4 is 4.74 Å².